The summed E-state index contributed by atoms with van der Waals surface area (Å²) in [4.78, 5) is 28.3. The molecule has 4 N–H and O–H groups in total. The molecule has 6 aromatic carbocycles. The van der Waals surface area contributed by atoms with Gasteiger partial charge in [0.1, 0.15) is 26.9 Å². The third-order valence-corrected chi connectivity index (χ3v) is 11.7. The maximum atomic E-state index is 12.7. The number of carbonyl (C=O) groups is 1. The largest absolute Gasteiger partial charge is 0.476 e. The highest BCUT2D eigenvalue weighted by atomic mass is 32.1. The summed E-state index contributed by atoms with van der Waals surface area (Å²) < 4.78 is 0. The molecule has 0 fully saturated rings. The van der Waals surface area contributed by atoms with E-state index >= 15 is 0 Å². The van der Waals surface area contributed by atoms with Gasteiger partial charge in [0.2, 0.25) is 5.71 Å². The molecule has 8 nitrogen and oxygen atoms in total. The number of anilines is 2. The number of thiazole rings is 2. The van der Waals surface area contributed by atoms with Crippen molar-refractivity contribution in [2.24, 2.45) is 5.16 Å². The summed E-state index contributed by atoms with van der Waals surface area (Å²) in [7, 11) is 0. The number of aliphatic carboxylic acids is 1. The number of carboxylic acids is 1. The van der Waals surface area contributed by atoms with Crippen LogP contribution in [0, 0.1) is 0 Å². The summed E-state index contributed by atoms with van der Waals surface area (Å²) in [5.41, 5.74) is 11.4. The van der Waals surface area contributed by atoms with Gasteiger partial charge in [-0.2, -0.15) is 0 Å². The zero-order chi connectivity index (χ0) is 39.1. The van der Waals surface area contributed by atoms with Gasteiger partial charge in [0.15, 0.2) is 11.7 Å². The van der Waals surface area contributed by atoms with Gasteiger partial charge in [-0.15, -0.1) is 11.3 Å². The van der Waals surface area contributed by atoms with Crippen LogP contribution in [0.3, 0.4) is 0 Å². The molecule has 0 atom stereocenters. The number of benzene rings is 6. The smallest absolute Gasteiger partial charge is 0.360 e. The molecule has 2 aromatic heterocycles. The van der Waals surface area contributed by atoms with Gasteiger partial charge in [-0.25, -0.2) is 14.8 Å². The highest BCUT2D eigenvalue weighted by molar-refractivity contribution is 7.16. The van der Waals surface area contributed by atoms with E-state index in [1.54, 1.807) is 5.38 Å². The molecule has 0 saturated carbocycles. The Kier molecular flexibility index (Phi) is 10.7. The molecule has 0 aliphatic heterocycles. The van der Waals surface area contributed by atoms with Crippen LogP contribution < -0.4 is 11.1 Å². The number of oxime groups is 1. The molecule has 2 heterocycles. The fraction of sp³-hybridized carbons (Fsp3) is 0.0638. The van der Waals surface area contributed by atoms with Crippen LogP contribution in [0.1, 0.15) is 49.8 Å². The highest BCUT2D eigenvalue weighted by Crippen LogP contribution is 2.47. The molecule has 10 heteroatoms. The summed E-state index contributed by atoms with van der Waals surface area (Å²) in [5, 5.41) is 21.5. The molecule has 0 aliphatic carbocycles. The number of rotatable bonds is 14. The molecular weight excluding hydrogens is 747 g/mol. The first-order chi connectivity index (χ1) is 28.0. The van der Waals surface area contributed by atoms with Crippen LogP contribution in [0.2, 0.25) is 0 Å². The molecule has 0 spiro atoms. The van der Waals surface area contributed by atoms with Crippen molar-refractivity contribution >= 4 is 44.5 Å². The maximum absolute atomic E-state index is 12.7. The van der Waals surface area contributed by atoms with Gasteiger partial charge in [-0.05, 0) is 33.4 Å². The van der Waals surface area contributed by atoms with E-state index < -0.39 is 16.9 Å². The SMILES string of the molecule is Nc1sc(C(c2ccccc2)(c2ccccc2)c2ccccc2)nc1CON=C(C(=O)O)c1csc(NC(c2ccccc2)(c2ccccc2)c2ccccc2)n1. The van der Waals surface area contributed by atoms with Crippen molar-refractivity contribution in [1.82, 2.24) is 9.97 Å². The van der Waals surface area contributed by atoms with E-state index in [0.29, 0.717) is 15.8 Å². The second kappa shape index (κ2) is 16.5. The number of nitrogens with zero attached hydrogens (tertiary/aromatic N) is 3. The molecule has 8 rings (SSSR count). The Morgan fingerprint density at radius 1 is 0.632 bits per heavy atom. The van der Waals surface area contributed by atoms with Crippen molar-refractivity contribution < 1.29 is 14.7 Å². The lowest BCUT2D eigenvalue weighted by Gasteiger charge is -2.36. The number of nitrogens with two attached hydrogens (primary N) is 1. The Labute approximate surface area is 338 Å². The van der Waals surface area contributed by atoms with Crippen LogP contribution in [0.25, 0.3) is 0 Å². The minimum Gasteiger partial charge on any atom is -0.476 e. The van der Waals surface area contributed by atoms with Crippen molar-refractivity contribution in [3.05, 3.63) is 237 Å². The lowest BCUT2D eigenvalue weighted by molar-refractivity contribution is -0.129. The molecular formula is C47H37N5O3S2. The number of hydrogen-bond donors (Lipinski definition) is 3. The van der Waals surface area contributed by atoms with E-state index in [0.717, 1.165) is 38.4 Å². The molecule has 280 valence electrons. The summed E-state index contributed by atoms with van der Waals surface area (Å²) in [6.45, 7) is -0.151. The Bertz CT molecular complexity index is 2390. The second-order valence-electron chi connectivity index (χ2n) is 13.2. The summed E-state index contributed by atoms with van der Waals surface area (Å²) in [6.07, 6.45) is 0. The van der Waals surface area contributed by atoms with Crippen LogP contribution in [-0.4, -0.2) is 26.8 Å². The zero-order valence-corrected chi connectivity index (χ0v) is 32.2. The number of hydrogen-bond acceptors (Lipinski definition) is 9. The van der Waals surface area contributed by atoms with E-state index in [4.69, 9.17) is 20.5 Å². The third-order valence-electron chi connectivity index (χ3n) is 9.89. The van der Waals surface area contributed by atoms with Crippen LogP contribution in [0.15, 0.2) is 193 Å². The normalized spacial score (nSPS) is 11.9. The molecule has 0 bridgehead atoms. The van der Waals surface area contributed by atoms with Gasteiger partial charge in [0.05, 0.1) is 5.41 Å². The molecule has 0 radical (unpaired) electrons. The van der Waals surface area contributed by atoms with Crippen molar-refractivity contribution in [2.75, 3.05) is 11.1 Å². The average molecular weight is 784 g/mol. The van der Waals surface area contributed by atoms with Gasteiger partial charge in [-0.1, -0.05) is 198 Å². The maximum Gasteiger partial charge on any atom is 0.360 e. The monoisotopic (exact) mass is 783 g/mol. The molecule has 0 unspecified atom stereocenters. The Morgan fingerprint density at radius 3 is 1.44 bits per heavy atom. The van der Waals surface area contributed by atoms with Crippen molar-refractivity contribution in [1.29, 1.82) is 0 Å². The standard InChI is InChI=1S/C47H37N5O3S2/c48-42-39(49-44(57-42)46(33-19-7-1-8-20-33,34-21-9-2-10-22-34)35-23-11-3-12-24-35)31-55-52-41(43(53)54)40-32-56-45(50-40)51-47(36-25-13-4-14-26-36,37-27-15-5-16-28-37)38-29-17-6-18-30-38/h1-30,32H,31,48H2,(H,50,51)(H,53,54). The number of aromatic nitrogens is 2. The molecule has 0 saturated heterocycles. The zero-order valence-electron chi connectivity index (χ0n) is 30.6. The first-order valence-corrected chi connectivity index (χ1v) is 20.0. The molecule has 0 amide bonds. The van der Waals surface area contributed by atoms with Crippen molar-refractivity contribution in [3.63, 3.8) is 0 Å². The Morgan fingerprint density at radius 2 is 1.04 bits per heavy atom. The van der Waals surface area contributed by atoms with Gasteiger partial charge in [-0.3, -0.25) is 0 Å². The lowest BCUT2D eigenvalue weighted by atomic mass is 9.70. The predicted molar refractivity (Wildman–Crippen MR) is 229 cm³/mol. The first kappa shape index (κ1) is 37.1. The predicted octanol–water partition coefficient (Wildman–Crippen LogP) is 9.97. The molecule has 0 aliphatic rings. The van der Waals surface area contributed by atoms with E-state index in [1.807, 2.05) is 109 Å². The molecule has 57 heavy (non-hydrogen) atoms. The van der Waals surface area contributed by atoms with Gasteiger partial charge in [0.25, 0.3) is 0 Å². The van der Waals surface area contributed by atoms with E-state index in [9.17, 15) is 9.90 Å². The number of nitrogen functional groups attached to an aromatic ring is 1. The molecule has 8 aromatic rings. The summed E-state index contributed by atoms with van der Waals surface area (Å²) >= 11 is 2.66. The average Bonchev–Trinajstić information content (AvgIpc) is 3.89. The first-order valence-electron chi connectivity index (χ1n) is 18.3. The van der Waals surface area contributed by atoms with E-state index in [2.05, 4.69) is 83.3 Å². The van der Waals surface area contributed by atoms with Crippen LogP contribution in [-0.2, 0) is 27.2 Å². The quantitative estimate of drug-likeness (QED) is 0.0570. The topological polar surface area (TPSA) is 123 Å². The van der Waals surface area contributed by atoms with Crippen molar-refractivity contribution in [3.8, 4) is 0 Å². The summed E-state index contributed by atoms with van der Waals surface area (Å²) in [5.74, 6) is -1.28. The second-order valence-corrected chi connectivity index (χ2v) is 15.1. The Balaban J connectivity index is 1.12. The van der Waals surface area contributed by atoms with Crippen molar-refractivity contribution in [2.45, 2.75) is 17.6 Å². The van der Waals surface area contributed by atoms with Gasteiger partial charge >= 0.3 is 5.97 Å². The highest BCUT2D eigenvalue weighted by Gasteiger charge is 2.42. The van der Waals surface area contributed by atoms with Gasteiger partial charge < -0.3 is 21.0 Å². The van der Waals surface area contributed by atoms with Crippen LogP contribution >= 0.6 is 22.7 Å². The Hall–Kier alpha value is -6.88. The fourth-order valence-electron chi connectivity index (χ4n) is 7.30. The van der Waals surface area contributed by atoms with E-state index in [1.165, 1.54) is 22.7 Å². The minimum absolute atomic E-state index is 0.151. The lowest BCUT2D eigenvalue weighted by Crippen LogP contribution is -2.38. The fourth-order valence-corrected chi connectivity index (χ4v) is 9.14. The van der Waals surface area contributed by atoms with E-state index in [-0.39, 0.29) is 18.0 Å². The minimum atomic E-state index is -1.28. The summed E-state index contributed by atoms with van der Waals surface area (Å²) in [6, 6.07) is 61.0. The van der Waals surface area contributed by atoms with Crippen LogP contribution in [0.5, 0.6) is 0 Å². The third kappa shape index (κ3) is 7.19. The van der Waals surface area contributed by atoms with Gasteiger partial charge in [0, 0.05) is 5.38 Å². The number of carboxylic acid groups (broad SMARTS) is 1. The van der Waals surface area contributed by atoms with Crippen LogP contribution in [0.4, 0.5) is 10.1 Å². The number of nitrogens with one attached hydrogen (secondary N) is 1.